The van der Waals surface area contributed by atoms with Crippen LogP contribution in [0, 0.1) is 0 Å². The summed E-state index contributed by atoms with van der Waals surface area (Å²) in [5.41, 5.74) is 0. The largest absolute Gasteiger partial charge is 0.466 e. The fraction of sp³-hybridized carbons (Fsp3) is 0.887. The molecule has 0 heterocycles. The first kappa shape index (κ1) is 57.3. The predicted molar refractivity (Wildman–Crippen MR) is 255 cm³/mol. The summed E-state index contributed by atoms with van der Waals surface area (Å²) in [6.45, 7) is 4.86. The zero-order valence-electron chi connectivity index (χ0n) is 39.5. The van der Waals surface area contributed by atoms with Crippen molar-refractivity contribution in [1.82, 2.24) is 5.32 Å². The molecule has 1 amide bonds. The summed E-state index contributed by atoms with van der Waals surface area (Å²) in [6.07, 6.45) is 57.2. The number of ether oxygens (including phenoxy) is 1. The number of carbonyl (C=O) groups is 2. The number of esters is 1. The molecule has 0 rings (SSSR count). The van der Waals surface area contributed by atoms with Gasteiger partial charge in [0.05, 0.1) is 25.4 Å². The molecular formula is C53H101NO5. The van der Waals surface area contributed by atoms with Gasteiger partial charge in [-0.3, -0.25) is 9.59 Å². The van der Waals surface area contributed by atoms with Crippen LogP contribution in [0.3, 0.4) is 0 Å². The highest BCUT2D eigenvalue weighted by Gasteiger charge is 2.20. The van der Waals surface area contributed by atoms with Crippen molar-refractivity contribution in [1.29, 1.82) is 0 Å². The van der Waals surface area contributed by atoms with Gasteiger partial charge in [0.1, 0.15) is 0 Å². The lowest BCUT2D eigenvalue weighted by molar-refractivity contribution is -0.143. The van der Waals surface area contributed by atoms with Gasteiger partial charge in [0.15, 0.2) is 0 Å². The van der Waals surface area contributed by atoms with Crippen LogP contribution < -0.4 is 5.32 Å². The van der Waals surface area contributed by atoms with Gasteiger partial charge in [0, 0.05) is 12.8 Å². The minimum absolute atomic E-state index is 0.00833. The van der Waals surface area contributed by atoms with Crippen molar-refractivity contribution in [3.05, 3.63) is 24.3 Å². The fourth-order valence-electron chi connectivity index (χ4n) is 7.97. The first-order chi connectivity index (χ1) is 29.0. The average Bonchev–Trinajstić information content (AvgIpc) is 3.24. The van der Waals surface area contributed by atoms with Gasteiger partial charge < -0.3 is 20.3 Å². The quantitative estimate of drug-likeness (QED) is 0.0322. The number of rotatable bonds is 48. The molecule has 6 nitrogen and oxygen atoms in total. The normalized spacial score (nSPS) is 12.8. The fourth-order valence-corrected chi connectivity index (χ4v) is 7.97. The lowest BCUT2D eigenvalue weighted by Gasteiger charge is -2.22. The van der Waals surface area contributed by atoms with Crippen LogP contribution in [-0.2, 0) is 14.3 Å². The number of hydrogen-bond donors (Lipinski definition) is 3. The zero-order valence-corrected chi connectivity index (χ0v) is 39.5. The van der Waals surface area contributed by atoms with Crippen LogP contribution in [0.25, 0.3) is 0 Å². The molecule has 0 aromatic carbocycles. The number of hydrogen-bond acceptors (Lipinski definition) is 5. The zero-order chi connectivity index (χ0) is 43.0. The Morgan fingerprint density at radius 2 is 0.881 bits per heavy atom. The molecule has 6 heteroatoms. The van der Waals surface area contributed by atoms with Crippen molar-refractivity contribution >= 4 is 11.9 Å². The molecule has 2 atom stereocenters. The summed E-state index contributed by atoms with van der Waals surface area (Å²) in [6, 6.07) is -0.543. The van der Waals surface area contributed by atoms with E-state index in [0.717, 1.165) is 51.4 Å². The van der Waals surface area contributed by atoms with Crippen LogP contribution in [0.4, 0.5) is 0 Å². The summed E-state index contributed by atoms with van der Waals surface area (Å²) < 4.78 is 5.45. The van der Waals surface area contributed by atoms with Gasteiger partial charge in [-0.05, 0) is 51.4 Å². The number of aliphatic hydroxyl groups is 2. The van der Waals surface area contributed by atoms with Gasteiger partial charge in [0.25, 0.3) is 0 Å². The molecule has 0 saturated carbocycles. The lowest BCUT2D eigenvalue weighted by Crippen LogP contribution is -2.45. The summed E-state index contributed by atoms with van der Waals surface area (Å²) in [5, 5.41) is 23.1. The number of aliphatic hydroxyl groups excluding tert-OH is 2. The molecule has 2 unspecified atom stereocenters. The van der Waals surface area contributed by atoms with E-state index in [9.17, 15) is 19.8 Å². The standard InChI is InChI=1S/C53H101NO5/c1-3-5-7-9-11-13-15-22-27-31-35-39-43-47-53(58)59-48-44-40-36-32-28-24-21-19-17-16-18-20-23-26-30-34-38-42-46-52(57)54-50(49-55)51(56)45-41-37-33-29-25-14-12-10-8-6-4-2/h7,9,13,15,50-51,55-56H,3-6,8,10-12,14,16-49H2,1-2H3,(H,54,57)/b9-7-,15-13-. The van der Waals surface area contributed by atoms with Crippen LogP contribution in [0.5, 0.6) is 0 Å². The van der Waals surface area contributed by atoms with E-state index in [1.165, 1.54) is 193 Å². The van der Waals surface area contributed by atoms with Gasteiger partial charge in [-0.25, -0.2) is 0 Å². The van der Waals surface area contributed by atoms with Crippen molar-refractivity contribution in [2.45, 2.75) is 289 Å². The van der Waals surface area contributed by atoms with E-state index in [0.29, 0.717) is 25.9 Å². The molecule has 0 aliphatic heterocycles. The third-order valence-electron chi connectivity index (χ3n) is 12.0. The highest BCUT2D eigenvalue weighted by atomic mass is 16.5. The third kappa shape index (κ3) is 45.7. The molecule has 348 valence electrons. The van der Waals surface area contributed by atoms with E-state index < -0.39 is 12.1 Å². The molecule has 0 aliphatic rings. The second-order valence-corrected chi connectivity index (χ2v) is 17.9. The lowest BCUT2D eigenvalue weighted by atomic mass is 10.0. The molecule has 0 fully saturated rings. The molecule has 0 spiro atoms. The van der Waals surface area contributed by atoms with Gasteiger partial charge in [-0.2, -0.15) is 0 Å². The van der Waals surface area contributed by atoms with Crippen molar-refractivity contribution in [3.63, 3.8) is 0 Å². The summed E-state index contributed by atoms with van der Waals surface area (Å²) in [4.78, 5) is 24.4. The van der Waals surface area contributed by atoms with Crippen LogP contribution in [0.15, 0.2) is 24.3 Å². The molecule has 0 aromatic heterocycles. The van der Waals surface area contributed by atoms with Crippen LogP contribution in [-0.4, -0.2) is 47.4 Å². The Kier molecular flexibility index (Phi) is 47.6. The number of unbranched alkanes of at least 4 members (excludes halogenated alkanes) is 33. The summed E-state index contributed by atoms with van der Waals surface area (Å²) in [5.74, 6) is -0.0488. The minimum Gasteiger partial charge on any atom is -0.466 e. The first-order valence-electron chi connectivity index (χ1n) is 26.1. The Labute approximate surface area is 367 Å². The molecule has 3 N–H and O–H groups in total. The Morgan fingerprint density at radius 1 is 0.475 bits per heavy atom. The number of nitrogens with one attached hydrogen (secondary N) is 1. The first-order valence-corrected chi connectivity index (χ1v) is 26.1. The van der Waals surface area contributed by atoms with E-state index in [1.807, 2.05) is 0 Å². The van der Waals surface area contributed by atoms with E-state index in [1.54, 1.807) is 0 Å². The molecular weight excluding hydrogens is 731 g/mol. The Bertz CT molecular complexity index is 920. The topological polar surface area (TPSA) is 95.9 Å². The van der Waals surface area contributed by atoms with Crippen molar-refractivity contribution in [2.24, 2.45) is 0 Å². The Morgan fingerprint density at radius 3 is 1.36 bits per heavy atom. The van der Waals surface area contributed by atoms with Gasteiger partial charge >= 0.3 is 5.97 Å². The van der Waals surface area contributed by atoms with Crippen molar-refractivity contribution < 1.29 is 24.5 Å². The maximum absolute atomic E-state index is 12.4. The minimum atomic E-state index is -0.665. The second-order valence-electron chi connectivity index (χ2n) is 17.9. The van der Waals surface area contributed by atoms with E-state index >= 15 is 0 Å². The van der Waals surface area contributed by atoms with E-state index in [-0.39, 0.29) is 18.5 Å². The third-order valence-corrected chi connectivity index (χ3v) is 12.0. The maximum Gasteiger partial charge on any atom is 0.305 e. The molecule has 0 bridgehead atoms. The molecule has 0 aliphatic carbocycles. The van der Waals surface area contributed by atoms with Crippen molar-refractivity contribution in [2.75, 3.05) is 13.2 Å². The summed E-state index contributed by atoms with van der Waals surface area (Å²) >= 11 is 0. The predicted octanol–water partition coefficient (Wildman–Crippen LogP) is 15.5. The van der Waals surface area contributed by atoms with Crippen molar-refractivity contribution in [3.8, 4) is 0 Å². The van der Waals surface area contributed by atoms with Crippen LogP contribution in [0.1, 0.15) is 277 Å². The summed E-state index contributed by atoms with van der Waals surface area (Å²) in [7, 11) is 0. The molecule has 0 saturated heterocycles. The Balaban J connectivity index is 3.40. The molecule has 0 radical (unpaired) electrons. The van der Waals surface area contributed by atoms with E-state index in [2.05, 4.69) is 43.5 Å². The second kappa shape index (κ2) is 49.0. The Hall–Kier alpha value is -1.66. The molecule has 59 heavy (non-hydrogen) atoms. The SMILES string of the molecule is CCC/C=C\C/C=C\CCCCCCCC(=O)OCCCCCCCCCCCCCCCCCCCCC(=O)NC(CO)C(O)CCCCCCCCCCCCC. The number of amides is 1. The molecule has 0 aromatic rings. The van der Waals surface area contributed by atoms with Crippen LogP contribution in [0.2, 0.25) is 0 Å². The highest BCUT2D eigenvalue weighted by molar-refractivity contribution is 5.76. The monoisotopic (exact) mass is 832 g/mol. The average molecular weight is 832 g/mol. The number of carbonyl (C=O) groups excluding carboxylic acids is 2. The smallest absolute Gasteiger partial charge is 0.305 e. The number of allylic oxidation sites excluding steroid dienone is 4. The highest BCUT2D eigenvalue weighted by Crippen LogP contribution is 2.17. The van der Waals surface area contributed by atoms with Gasteiger partial charge in [0.2, 0.25) is 5.91 Å². The van der Waals surface area contributed by atoms with E-state index in [4.69, 9.17) is 4.74 Å². The maximum atomic E-state index is 12.4. The van der Waals surface area contributed by atoms with Gasteiger partial charge in [-0.15, -0.1) is 0 Å². The van der Waals surface area contributed by atoms with Gasteiger partial charge in [-0.1, -0.05) is 237 Å². The van der Waals surface area contributed by atoms with Crippen LogP contribution >= 0.6 is 0 Å².